The quantitative estimate of drug-likeness (QED) is 0.218. The van der Waals surface area contributed by atoms with E-state index in [9.17, 15) is 19.4 Å². The topological polar surface area (TPSA) is 115 Å². The highest BCUT2D eigenvalue weighted by atomic mass is 32.1. The summed E-state index contributed by atoms with van der Waals surface area (Å²) < 4.78 is 33.6. The number of rotatable bonds is 9. The van der Waals surface area contributed by atoms with Gasteiger partial charge in [0, 0.05) is 11.5 Å². The van der Waals surface area contributed by atoms with Gasteiger partial charge < -0.3 is 24.2 Å². The van der Waals surface area contributed by atoms with Crippen LogP contribution in [0.25, 0.3) is 10.2 Å². The van der Waals surface area contributed by atoms with Crippen LogP contribution in [0.3, 0.4) is 0 Å². The predicted octanol–water partition coefficient (Wildman–Crippen LogP) is 6.79. The number of aryl methyl sites for hydroxylation is 2. The molecule has 0 amide bonds. The normalized spacial score (nSPS) is 25.3. The van der Waals surface area contributed by atoms with Crippen molar-refractivity contribution in [1.82, 2.24) is 10.1 Å². The van der Waals surface area contributed by atoms with E-state index in [1.807, 2.05) is 32.0 Å². The smallest absolute Gasteiger partial charge is 0.335 e. The molecule has 2 N–H and O–H groups in total. The molecule has 0 spiro atoms. The van der Waals surface area contributed by atoms with E-state index >= 15 is 0 Å². The van der Waals surface area contributed by atoms with Gasteiger partial charge in [-0.2, -0.15) is 0 Å². The van der Waals surface area contributed by atoms with E-state index in [4.69, 9.17) is 14.0 Å². The van der Waals surface area contributed by atoms with Crippen LogP contribution >= 0.6 is 11.3 Å². The SMILES string of the molecule is Cc1cccc(C)c1OCc1noc(C2CC2)c1CO[C@@H]1C[C@H]2CC[C@@H](C1)[C@]2(O)c1nc2c(F)cc(C(=O)O)cc2s1. The highest BCUT2D eigenvalue weighted by Gasteiger charge is 2.56. The summed E-state index contributed by atoms with van der Waals surface area (Å²) in [5.41, 5.74) is 2.67. The van der Waals surface area contributed by atoms with Crippen molar-refractivity contribution in [3.05, 3.63) is 74.9 Å². The second-order valence-corrected chi connectivity index (χ2v) is 13.1. The van der Waals surface area contributed by atoms with E-state index < -0.39 is 17.4 Å². The van der Waals surface area contributed by atoms with E-state index in [1.165, 1.54) is 17.4 Å². The van der Waals surface area contributed by atoms with Gasteiger partial charge in [-0.15, -0.1) is 11.3 Å². The Morgan fingerprint density at radius 1 is 1.12 bits per heavy atom. The van der Waals surface area contributed by atoms with E-state index in [-0.39, 0.29) is 29.0 Å². The van der Waals surface area contributed by atoms with Crippen LogP contribution in [-0.4, -0.2) is 32.4 Å². The fourth-order valence-corrected chi connectivity index (χ4v) is 8.20. The summed E-state index contributed by atoms with van der Waals surface area (Å²) in [6, 6.07) is 8.49. The summed E-state index contributed by atoms with van der Waals surface area (Å²) in [5, 5.41) is 26.1. The number of nitrogens with zero attached hydrogens (tertiary/aromatic N) is 2. The number of para-hydroxylation sites is 1. The Morgan fingerprint density at radius 3 is 2.50 bits per heavy atom. The average Bonchev–Trinajstić information content (AvgIpc) is 3.54. The molecule has 3 fully saturated rings. The molecule has 4 aromatic rings. The number of thiazole rings is 1. The van der Waals surface area contributed by atoms with Crippen LogP contribution in [0.4, 0.5) is 4.39 Å². The van der Waals surface area contributed by atoms with Crippen LogP contribution in [0.2, 0.25) is 0 Å². The minimum absolute atomic E-state index is 0.0539. The van der Waals surface area contributed by atoms with E-state index in [2.05, 4.69) is 10.1 Å². The monoisotopic (exact) mass is 592 g/mol. The van der Waals surface area contributed by atoms with Gasteiger partial charge in [-0.05, 0) is 87.5 Å². The van der Waals surface area contributed by atoms with Crippen LogP contribution in [0.15, 0.2) is 34.9 Å². The second-order valence-electron chi connectivity index (χ2n) is 12.1. The molecule has 3 saturated carbocycles. The van der Waals surface area contributed by atoms with Crippen molar-refractivity contribution in [3.8, 4) is 5.75 Å². The first-order chi connectivity index (χ1) is 20.2. The van der Waals surface area contributed by atoms with Gasteiger partial charge in [-0.3, -0.25) is 0 Å². The zero-order chi connectivity index (χ0) is 29.2. The van der Waals surface area contributed by atoms with Crippen molar-refractivity contribution in [2.24, 2.45) is 11.8 Å². The highest BCUT2D eigenvalue weighted by Crippen LogP contribution is 2.57. The molecule has 7 rings (SSSR count). The maximum atomic E-state index is 14.7. The molecular weight excluding hydrogens is 559 g/mol. The van der Waals surface area contributed by atoms with Crippen molar-refractivity contribution in [2.75, 3.05) is 0 Å². The first-order valence-corrected chi connectivity index (χ1v) is 15.4. The van der Waals surface area contributed by atoms with Crippen molar-refractivity contribution in [1.29, 1.82) is 0 Å². The number of hydrogen-bond acceptors (Lipinski definition) is 8. The van der Waals surface area contributed by atoms with E-state index in [0.717, 1.165) is 65.6 Å². The standard InChI is InChI=1S/C32H33FN2O6S/c1-16-4-3-5-17(2)28(16)40-15-25-23(29(41-35-25)18-6-7-18)14-39-22-12-20-8-9-21(13-22)32(20,38)31-34-27-24(33)10-19(30(36)37)11-26(27)42-31/h3-5,10-11,18,20-22,38H,6-9,12-15H2,1-2H3,(H,36,37)/t20-,21+,22-,32+. The number of benzene rings is 2. The van der Waals surface area contributed by atoms with E-state index in [0.29, 0.717) is 41.7 Å². The number of aromatic nitrogens is 2. The summed E-state index contributed by atoms with van der Waals surface area (Å²) in [7, 11) is 0. The van der Waals surface area contributed by atoms with E-state index in [1.54, 1.807) is 0 Å². The second kappa shape index (κ2) is 10.4. The maximum absolute atomic E-state index is 14.7. The Hall–Kier alpha value is -3.34. The van der Waals surface area contributed by atoms with Crippen LogP contribution < -0.4 is 4.74 Å². The van der Waals surface area contributed by atoms with Crippen molar-refractivity contribution >= 4 is 27.5 Å². The molecule has 10 heteroatoms. The van der Waals surface area contributed by atoms with Gasteiger partial charge in [-0.1, -0.05) is 23.4 Å². The average molecular weight is 593 g/mol. The number of ether oxygens (including phenoxy) is 2. The zero-order valence-corrected chi connectivity index (χ0v) is 24.4. The van der Waals surface area contributed by atoms with Gasteiger partial charge in [0.25, 0.3) is 0 Å². The van der Waals surface area contributed by atoms with Crippen molar-refractivity contribution in [3.63, 3.8) is 0 Å². The molecule has 0 aliphatic heterocycles. The van der Waals surface area contributed by atoms with Gasteiger partial charge in [0.15, 0.2) is 5.82 Å². The molecule has 3 aliphatic carbocycles. The molecule has 2 aromatic carbocycles. The van der Waals surface area contributed by atoms with Gasteiger partial charge in [-0.25, -0.2) is 14.2 Å². The highest BCUT2D eigenvalue weighted by molar-refractivity contribution is 7.18. The Morgan fingerprint density at radius 2 is 1.83 bits per heavy atom. The molecule has 220 valence electrons. The summed E-state index contributed by atoms with van der Waals surface area (Å²) >= 11 is 1.19. The fourth-order valence-electron chi connectivity index (χ4n) is 6.93. The summed E-state index contributed by atoms with van der Waals surface area (Å²) in [6.45, 7) is 4.73. The summed E-state index contributed by atoms with van der Waals surface area (Å²) in [5.74, 6) is 0.0821. The molecule has 2 bridgehead atoms. The third-order valence-corrected chi connectivity index (χ3v) is 10.5. The third kappa shape index (κ3) is 4.69. The number of carbonyl (C=O) groups is 1. The Balaban J connectivity index is 1.07. The molecule has 0 unspecified atom stereocenters. The lowest BCUT2D eigenvalue weighted by Crippen LogP contribution is -2.44. The van der Waals surface area contributed by atoms with Gasteiger partial charge in [0.2, 0.25) is 0 Å². The lowest BCUT2D eigenvalue weighted by atomic mass is 9.73. The number of hydrogen-bond donors (Lipinski definition) is 2. The van der Waals surface area contributed by atoms with Gasteiger partial charge in [0.05, 0.1) is 23.0 Å². The van der Waals surface area contributed by atoms with Crippen LogP contribution in [-0.2, 0) is 23.6 Å². The zero-order valence-electron chi connectivity index (χ0n) is 23.6. The van der Waals surface area contributed by atoms with Crippen molar-refractivity contribution < 1.29 is 33.4 Å². The summed E-state index contributed by atoms with van der Waals surface area (Å²) in [4.78, 5) is 15.9. The number of halogens is 1. The predicted molar refractivity (Wildman–Crippen MR) is 153 cm³/mol. The lowest BCUT2D eigenvalue weighted by Gasteiger charge is -2.41. The number of carboxylic acids is 1. The molecule has 2 aromatic heterocycles. The molecule has 0 saturated heterocycles. The van der Waals surface area contributed by atoms with Crippen LogP contribution in [0.1, 0.15) is 88.0 Å². The Bertz CT molecular complexity index is 1640. The van der Waals surface area contributed by atoms with Gasteiger partial charge in [0.1, 0.15) is 39.9 Å². The van der Waals surface area contributed by atoms with Crippen molar-refractivity contribution in [2.45, 2.75) is 83.2 Å². The minimum Gasteiger partial charge on any atom is -0.487 e. The fraction of sp³-hybridized carbons (Fsp3) is 0.469. The Labute approximate surface area is 246 Å². The van der Waals surface area contributed by atoms with Crippen LogP contribution in [0, 0.1) is 31.5 Å². The first kappa shape index (κ1) is 27.5. The van der Waals surface area contributed by atoms with Crippen LogP contribution in [0.5, 0.6) is 5.75 Å². The molecule has 3 aliphatic rings. The number of carboxylic acid groups (broad SMARTS) is 1. The molecule has 8 nitrogen and oxygen atoms in total. The molecule has 4 atom stereocenters. The largest absolute Gasteiger partial charge is 0.487 e. The molecule has 2 heterocycles. The maximum Gasteiger partial charge on any atom is 0.335 e. The number of fused-ring (bicyclic) bond motifs is 3. The first-order valence-electron chi connectivity index (χ1n) is 14.6. The third-order valence-electron chi connectivity index (χ3n) is 9.31. The minimum atomic E-state index is -1.19. The molecule has 0 radical (unpaired) electrons. The number of aromatic carboxylic acids is 1. The molecule has 42 heavy (non-hydrogen) atoms. The Kier molecular flexibility index (Phi) is 6.83. The molecular formula is C32H33FN2O6S. The summed E-state index contributed by atoms with van der Waals surface area (Å²) in [6.07, 6.45) is 5.08. The lowest BCUT2D eigenvalue weighted by molar-refractivity contribution is -0.116. The van der Waals surface area contributed by atoms with Gasteiger partial charge >= 0.3 is 5.97 Å². The number of aliphatic hydroxyl groups is 1.